The Morgan fingerprint density at radius 2 is 2.12 bits per heavy atom. The first-order chi connectivity index (χ1) is 16.1. The predicted octanol–water partition coefficient (Wildman–Crippen LogP) is 4.39. The maximum atomic E-state index is 14.2. The highest BCUT2D eigenvalue weighted by Crippen LogP contribution is 2.41. The van der Waals surface area contributed by atoms with Crippen molar-refractivity contribution in [3.63, 3.8) is 0 Å². The lowest BCUT2D eigenvalue weighted by atomic mass is 9.89. The lowest BCUT2D eigenvalue weighted by Crippen LogP contribution is -2.28. The van der Waals surface area contributed by atoms with Gasteiger partial charge in [0.15, 0.2) is 5.82 Å². The molecule has 0 aliphatic carbocycles. The molecular weight excluding hydrogens is 424 g/mol. The van der Waals surface area contributed by atoms with Gasteiger partial charge in [-0.15, -0.1) is 0 Å². The fraction of sp³-hybridized carbons (Fsp3) is 0.320. The van der Waals surface area contributed by atoms with Crippen LogP contribution in [-0.2, 0) is 6.42 Å². The summed E-state index contributed by atoms with van der Waals surface area (Å²) in [7, 11) is 1.55. The lowest BCUT2D eigenvalue weighted by Gasteiger charge is -2.33. The molecule has 2 aliphatic heterocycles. The van der Waals surface area contributed by atoms with E-state index in [1.807, 2.05) is 23.1 Å². The third-order valence-electron chi connectivity index (χ3n) is 6.30. The monoisotopic (exact) mass is 449 g/mol. The topological polar surface area (TPSA) is 70.2 Å². The van der Waals surface area contributed by atoms with Crippen molar-refractivity contribution < 1.29 is 13.6 Å². The second-order valence-electron chi connectivity index (χ2n) is 8.29. The number of aromatic nitrogens is 2. The zero-order chi connectivity index (χ0) is 22.9. The smallest absolute Gasteiger partial charge is 0.269 e. The van der Waals surface area contributed by atoms with Crippen LogP contribution in [0.25, 0.3) is 16.5 Å². The Kier molecular flexibility index (Phi) is 5.76. The standard InChI is InChI=1S/C25H25F2N5O/c1-28-25(33)20-13-17-4-2-8-30-22(17)24(31-20)32-11-3-5-16-12-18(15-6-9-29-10-7-15)19(23(26)27)14-21(16)32/h2,4,6,8,12-14,23,29H,3,5,7,9-11H2,1H3,(H,28,33). The number of hydrogen-bond donors (Lipinski definition) is 2. The molecular formula is C25H25F2N5O. The summed E-state index contributed by atoms with van der Waals surface area (Å²) in [4.78, 5) is 23.4. The molecule has 0 spiro atoms. The van der Waals surface area contributed by atoms with E-state index < -0.39 is 6.43 Å². The highest BCUT2D eigenvalue weighted by Gasteiger charge is 2.27. The average Bonchev–Trinajstić information content (AvgIpc) is 2.86. The number of alkyl halides is 2. The Balaban J connectivity index is 1.69. The van der Waals surface area contributed by atoms with Gasteiger partial charge in [0.2, 0.25) is 0 Å². The SMILES string of the molecule is CNC(=O)c1cc2cccnc2c(N2CCCc3cc(C4=CCNCC4)c(C(F)F)cc32)n1. The molecule has 0 atom stereocenters. The Bertz CT molecular complexity index is 1260. The third kappa shape index (κ3) is 3.95. The van der Waals surface area contributed by atoms with E-state index in [-0.39, 0.29) is 17.2 Å². The fourth-order valence-corrected chi connectivity index (χ4v) is 4.69. The second-order valence-corrected chi connectivity index (χ2v) is 8.29. The van der Waals surface area contributed by atoms with Crippen LogP contribution in [-0.4, -0.2) is 42.6 Å². The molecule has 2 aliphatic rings. The number of amides is 1. The van der Waals surface area contributed by atoms with Crippen LogP contribution in [0.3, 0.4) is 0 Å². The van der Waals surface area contributed by atoms with Crippen molar-refractivity contribution in [3.8, 4) is 0 Å². The maximum absolute atomic E-state index is 14.2. The van der Waals surface area contributed by atoms with Crippen molar-refractivity contribution in [2.75, 3.05) is 31.6 Å². The molecule has 2 aromatic heterocycles. The number of pyridine rings is 2. The largest absolute Gasteiger partial charge is 0.354 e. The molecule has 8 heteroatoms. The van der Waals surface area contributed by atoms with E-state index >= 15 is 0 Å². The third-order valence-corrected chi connectivity index (χ3v) is 6.30. The van der Waals surface area contributed by atoms with Crippen LogP contribution in [0.15, 0.2) is 42.6 Å². The van der Waals surface area contributed by atoms with Crippen molar-refractivity contribution in [2.24, 2.45) is 0 Å². The molecule has 0 fully saturated rings. The van der Waals surface area contributed by atoms with Crippen LogP contribution in [0.1, 0.15) is 46.4 Å². The highest BCUT2D eigenvalue weighted by molar-refractivity contribution is 6.00. The van der Waals surface area contributed by atoms with Crippen molar-refractivity contribution in [3.05, 3.63) is 65.0 Å². The number of halogens is 2. The van der Waals surface area contributed by atoms with Crippen molar-refractivity contribution >= 4 is 33.9 Å². The van der Waals surface area contributed by atoms with Gasteiger partial charge in [-0.3, -0.25) is 9.78 Å². The summed E-state index contributed by atoms with van der Waals surface area (Å²) in [6, 6.07) is 8.92. The summed E-state index contributed by atoms with van der Waals surface area (Å²) in [5, 5.41) is 6.63. The average molecular weight is 450 g/mol. The minimum atomic E-state index is -2.59. The van der Waals surface area contributed by atoms with E-state index in [0.717, 1.165) is 42.3 Å². The number of nitrogens with zero attached hydrogens (tertiary/aromatic N) is 3. The van der Waals surface area contributed by atoms with Gasteiger partial charge in [-0.2, -0.15) is 0 Å². The van der Waals surface area contributed by atoms with Gasteiger partial charge in [0.05, 0.1) is 0 Å². The molecule has 0 saturated carbocycles. The quantitative estimate of drug-likeness (QED) is 0.618. The molecule has 3 aromatic rings. The molecule has 1 aromatic carbocycles. The number of benzene rings is 1. The van der Waals surface area contributed by atoms with Crippen molar-refractivity contribution in [2.45, 2.75) is 25.7 Å². The number of fused-ring (bicyclic) bond motifs is 2. The first-order valence-electron chi connectivity index (χ1n) is 11.2. The molecule has 2 N–H and O–H groups in total. The fourth-order valence-electron chi connectivity index (χ4n) is 4.69. The van der Waals surface area contributed by atoms with Gasteiger partial charge in [-0.25, -0.2) is 13.8 Å². The van der Waals surface area contributed by atoms with Gasteiger partial charge in [-0.1, -0.05) is 12.1 Å². The molecule has 5 rings (SSSR count). The number of anilines is 2. The van der Waals surface area contributed by atoms with E-state index in [1.165, 1.54) is 0 Å². The van der Waals surface area contributed by atoms with Gasteiger partial charge in [0, 0.05) is 43.0 Å². The van der Waals surface area contributed by atoms with Crippen LogP contribution in [0.2, 0.25) is 0 Å². The number of hydrogen-bond acceptors (Lipinski definition) is 5. The van der Waals surface area contributed by atoms with Gasteiger partial charge in [0.25, 0.3) is 12.3 Å². The number of rotatable bonds is 4. The molecule has 170 valence electrons. The van der Waals surface area contributed by atoms with Gasteiger partial charge < -0.3 is 15.5 Å². The summed E-state index contributed by atoms with van der Waals surface area (Å²) in [5.41, 5.74) is 4.28. The summed E-state index contributed by atoms with van der Waals surface area (Å²) in [6.07, 6.45) is 3.46. The summed E-state index contributed by atoms with van der Waals surface area (Å²) >= 11 is 0. The first kappa shape index (κ1) is 21.5. The molecule has 0 unspecified atom stereocenters. The Morgan fingerprint density at radius 1 is 1.24 bits per heavy atom. The number of aryl methyl sites for hydroxylation is 1. The van der Waals surface area contributed by atoms with Gasteiger partial charge in [0.1, 0.15) is 11.2 Å². The summed E-state index contributed by atoms with van der Waals surface area (Å²) in [5.74, 6) is 0.211. The summed E-state index contributed by atoms with van der Waals surface area (Å²) in [6.45, 7) is 2.08. The maximum Gasteiger partial charge on any atom is 0.269 e. The lowest BCUT2D eigenvalue weighted by molar-refractivity contribution is 0.0958. The first-order valence-corrected chi connectivity index (χ1v) is 11.2. The van der Waals surface area contributed by atoms with Crippen molar-refractivity contribution in [1.29, 1.82) is 0 Å². The van der Waals surface area contributed by atoms with Crippen LogP contribution in [0, 0.1) is 0 Å². The normalized spacial score (nSPS) is 16.0. The molecule has 1 amide bonds. The highest BCUT2D eigenvalue weighted by atomic mass is 19.3. The van der Waals surface area contributed by atoms with Crippen LogP contribution in [0.4, 0.5) is 20.3 Å². The zero-order valence-electron chi connectivity index (χ0n) is 18.4. The summed E-state index contributed by atoms with van der Waals surface area (Å²) < 4.78 is 28.4. The second kappa shape index (κ2) is 8.86. The van der Waals surface area contributed by atoms with E-state index in [0.29, 0.717) is 35.7 Å². The van der Waals surface area contributed by atoms with Crippen LogP contribution in [0.5, 0.6) is 0 Å². The molecule has 0 bridgehead atoms. The van der Waals surface area contributed by atoms with Gasteiger partial charge >= 0.3 is 0 Å². The molecule has 4 heterocycles. The number of carbonyl (C=O) groups excluding carboxylic acids is 1. The number of nitrogens with one attached hydrogen (secondary N) is 2. The van der Waals surface area contributed by atoms with E-state index in [9.17, 15) is 13.6 Å². The van der Waals surface area contributed by atoms with Crippen molar-refractivity contribution in [1.82, 2.24) is 20.6 Å². The Labute approximate surface area is 190 Å². The van der Waals surface area contributed by atoms with Crippen LogP contribution >= 0.6 is 0 Å². The Morgan fingerprint density at radius 3 is 2.88 bits per heavy atom. The minimum Gasteiger partial charge on any atom is -0.354 e. The minimum absolute atomic E-state index is 0.0357. The van der Waals surface area contributed by atoms with Gasteiger partial charge in [-0.05, 0) is 66.8 Å². The van der Waals surface area contributed by atoms with Crippen LogP contribution < -0.4 is 15.5 Å². The van der Waals surface area contributed by atoms with E-state index in [2.05, 4.69) is 20.6 Å². The van der Waals surface area contributed by atoms with E-state index in [1.54, 1.807) is 31.4 Å². The van der Waals surface area contributed by atoms with E-state index in [4.69, 9.17) is 0 Å². The molecule has 0 saturated heterocycles. The zero-order valence-corrected chi connectivity index (χ0v) is 18.4. The Hall–Kier alpha value is -3.39. The molecule has 33 heavy (non-hydrogen) atoms. The number of carbonyl (C=O) groups is 1. The molecule has 0 radical (unpaired) electrons. The molecule has 6 nitrogen and oxygen atoms in total. The predicted molar refractivity (Wildman–Crippen MR) is 125 cm³/mol.